The number of nitrogens with zero attached hydrogens (tertiary/aromatic N) is 2. The summed E-state index contributed by atoms with van der Waals surface area (Å²) in [5.74, 6) is -0.697. The molecule has 1 amide bonds. The summed E-state index contributed by atoms with van der Waals surface area (Å²) in [5.41, 5.74) is -1.09. The zero-order valence-corrected chi connectivity index (χ0v) is 17.5. The van der Waals surface area contributed by atoms with Gasteiger partial charge < -0.3 is 23.7 Å². The summed E-state index contributed by atoms with van der Waals surface area (Å²) in [4.78, 5) is 17.5. The molecule has 0 bridgehead atoms. The molecule has 0 N–H and O–H groups in total. The molecule has 2 fully saturated rings. The summed E-state index contributed by atoms with van der Waals surface area (Å²) in [5, 5.41) is 0. The molecule has 0 aliphatic carbocycles. The minimum Gasteiger partial charge on any atom is -0.468 e. The average molecular weight is 394 g/mol. The molecule has 1 aromatic heterocycles. The quantitative estimate of drug-likeness (QED) is 0.734. The first-order chi connectivity index (χ1) is 12.8. The molecule has 2 saturated heterocycles. The van der Waals surface area contributed by atoms with Crippen LogP contribution >= 0.6 is 0 Å². The number of likely N-dealkylation sites (tertiary alicyclic amines) is 1. The van der Waals surface area contributed by atoms with E-state index in [4.69, 9.17) is 18.8 Å². The third-order valence-corrected chi connectivity index (χ3v) is 5.13. The topological polar surface area (TPSA) is 70.1 Å². The minimum absolute atomic E-state index is 0.103. The van der Waals surface area contributed by atoms with Crippen LogP contribution in [-0.2, 0) is 14.0 Å². The lowest BCUT2D eigenvalue weighted by atomic mass is 9.80. The van der Waals surface area contributed by atoms with Crippen LogP contribution < -0.4 is 10.2 Å². The summed E-state index contributed by atoms with van der Waals surface area (Å²) in [6.45, 7) is 13.8. The predicted octanol–water partition coefficient (Wildman–Crippen LogP) is 2.52. The third kappa shape index (κ3) is 4.25. The fourth-order valence-electron chi connectivity index (χ4n) is 2.78. The van der Waals surface area contributed by atoms with Gasteiger partial charge in [-0.2, -0.15) is 0 Å². The van der Waals surface area contributed by atoms with Crippen molar-refractivity contribution >= 4 is 18.7 Å². The molecule has 28 heavy (non-hydrogen) atoms. The van der Waals surface area contributed by atoms with Crippen LogP contribution in [0.5, 0.6) is 5.88 Å². The highest BCUT2D eigenvalue weighted by Crippen LogP contribution is 2.36. The molecule has 0 radical (unpaired) electrons. The maximum Gasteiger partial charge on any atom is 0.496 e. The lowest BCUT2D eigenvalue weighted by Crippen LogP contribution is -2.57. The number of hydrogen-bond donors (Lipinski definition) is 0. The van der Waals surface area contributed by atoms with Crippen LogP contribution in [-0.4, -0.2) is 59.1 Å². The van der Waals surface area contributed by atoms with Gasteiger partial charge in [0.2, 0.25) is 0 Å². The van der Waals surface area contributed by atoms with Crippen molar-refractivity contribution in [1.82, 2.24) is 9.88 Å². The Kier molecular flexibility index (Phi) is 5.12. The van der Waals surface area contributed by atoms with Crippen molar-refractivity contribution in [3.05, 3.63) is 18.1 Å². The highest BCUT2D eigenvalue weighted by molar-refractivity contribution is 6.62. The molecule has 3 rings (SSSR count). The van der Waals surface area contributed by atoms with E-state index in [1.807, 2.05) is 27.7 Å². The van der Waals surface area contributed by atoms with Crippen molar-refractivity contribution in [2.24, 2.45) is 0 Å². The van der Waals surface area contributed by atoms with Gasteiger partial charge in [-0.15, -0.1) is 0 Å². The molecular weight excluding hydrogens is 366 g/mol. The maximum atomic E-state index is 14.5. The van der Waals surface area contributed by atoms with Crippen molar-refractivity contribution in [3.63, 3.8) is 0 Å². The molecule has 154 valence electrons. The molecular formula is C19H28BFN2O5. The van der Waals surface area contributed by atoms with Gasteiger partial charge in [0.25, 0.3) is 5.88 Å². The fraction of sp³-hybridized carbons (Fsp3) is 0.684. The average Bonchev–Trinajstić information content (AvgIpc) is 2.70. The van der Waals surface area contributed by atoms with Crippen LogP contribution in [0.2, 0.25) is 0 Å². The molecule has 0 unspecified atom stereocenters. The molecule has 0 spiro atoms. The van der Waals surface area contributed by atoms with Gasteiger partial charge in [-0.25, -0.2) is 14.2 Å². The number of aromatic nitrogens is 1. The van der Waals surface area contributed by atoms with Gasteiger partial charge in [-0.05, 0) is 54.5 Å². The smallest absolute Gasteiger partial charge is 0.468 e. The summed E-state index contributed by atoms with van der Waals surface area (Å²) < 4.78 is 37.2. The summed E-state index contributed by atoms with van der Waals surface area (Å²) in [6.07, 6.45) is 0.763. The zero-order chi connectivity index (χ0) is 20.9. The molecule has 9 heteroatoms. The van der Waals surface area contributed by atoms with E-state index in [1.54, 1.807) is 20.8 Å². The maximum absolute atomic E-state index is 14.5. The minimum atomic E-state index is -0.688. The molecule has 0 saturated carbocycles. The number of carbonyl (C=O) groups excluding carboxylic acids is 1. The van der Waals surface area contributed by atoms with Crippen LogP contribution in [0, 0.1) is 5.82 Å². The van der Waals surface area contributed by atoms with E-state index in [0.717, 1.165) is 0 Å². The Hall–Kier alpha value is -1.87. The van der Waals surface area contributed by atoms with Gasteiger partial charge in [0.05, 0.1) is 24.3 Å². The van der Waals surface area contributed by atoms with Gasteiger partial charge >= 0.3 is 13.2 Å². The molecule has 7 nitrogen and oxygen atoms in total. The van der Waals surface area contributed by atoms with Gasteiger partial charge in [-0.3, -0.25) is 0 Å². The number of carbonyl (C=O) groups is 1. The first kappa shape index (κ1) is 20.9. The van der Waals surface area contributed by atoms with E-state index in [1.165, 1.54) is 17.2 Å². The van der Waals surface area contributed by atoms with Crippen LogP contribution in [0.1, 0.15) is 48.5 Å². The third-order valence-electron chi connectivity index (χ3n) is 5.13. The normalized spacial score (nSPS) is 21.4. The first-order valence-electron chi connectivity index (χ1n) is 9.43. The summed E-state index contributed by atoms with van der Waals surface area (Å²) in [7, 11) is -0.688. The largest absolute Gasteiger partial charge is 0.496 e. The van der Waals surface area contributed by atoms with E-state index < -0.39 is 35.8 Å². The second-order valence-electron chi connectivity index (χ2n) is 9.27. The molecule has 1 aromatic rings. The Morgan fingerprint density at radius 3 is 2.32 bits per heavy atom. The number of halogens is 1. The Labute approximate surface area is 165 Å². The van der Waals surface area contributed by atoms with E-state index in [0.29, 0.717) is 18.6 Å². The van der Waals surface area contributed by atoms with E-state index in [9.17, 15) is 9.18 Å². The molecule has 2 aliphatic rings. The Morgan fingerprint density at radius 2 is 1.82 bits per heavy atom. The molecule has 0 atom stereocenters. The monoisotopic (exact) mass is 394 g/mol. The van der Waals surface area contributed by atoms with E-state index in [2.05, 4.69) is 4.98 Å². The number of pyridine rings is 1. The standard InChI is InChI=1S/C19H28BFN2O5/c1-17(2,3)26-16(24)23-10-13(11-23)25-15-14(21)8-12(9-22-15)20-27-18(4,5)19(6,7)28-20/h8-9,13H,10-11H2,1-7H3. The number of rotatable bonds is 3. The molecule has 3 heterocycles. The number of amides is 1. The highest BCUT2D eigenvalue weighted by Gasteiger charge is 2.52. The Balaban J connectivity index is 1.57. The van der Waals surface area contributed by atoms with Crippen molar-refractivity contribution in [3.8, 4) is 5.88 Å². The predicted molar refractivity (Wildman–Crippen MR) is 102 cm³/mol. The first-order valence-corrected chi connectivity index (χ1v) is 9.43. The number of hydrogen-bond acceptors (Lipinski definition) is 6. The second kappa shape index (κ2) is 6.88. The number of ether oxygens (including phenoxy) is 2. The van der Waals surface area contributed by atoms with Crippen molar-refractivity contribution in [1.29, 1.82) is 0 Å². The van der Waals surface area contributed by atoms with Crippen LogP contribution in [0.15, 0.2) is 12.3 Å². The van der Waals surface area contributed by atoms with Crippen molar-refractivity contribution < 1.29 is 28.0 Å². The van der Waals surface area contributed by atoms with Crippen LogP contribution in [0.4, 0.5) is 9.18 Å². The van der Waals surface area contributed by atoms with E-state index in [-0.39, 0.29) is 12.0 Å². The zero-order valence-electron chi connectivity index (χ0n) is 17.5. The van der Waals surface area contributed by atoms with Gasteiger partial charge in [-0.1, -0.05) is 0 Å². The Bertz CT molecular complexity index is 743. The lowest BCUT2D eigenvalue weighted by molar-refractivity contribution is -0.0241. The highest BCUT2D eigenvalue weighted by atomic mass is 19.1. The second-order valence-corrected chi connectivity index (χ2v) is 9.27. The summed E-state index contributed by atoms with van der Waals surface area (Å²) >= 11 is 0. The van der Waals surface area contributed by atoms with Gasteiger partial charge in [0, 0.05) is 11.7 Å². The SMILES string of the molecule is CC(C)(C)OC(=O)N1CC(Oc2ncc(B3OC(C)(C)C(C)(C)O3)cc2F)C1. The fourth-order valence-corrected chi connectivity index (χ4v) is 2.78. The van der Waals surface area contributed by atoms with Crippen LogP contribution in [0.25, 0.3) is 0 Å². The lowest BCUT2D eigenvalue weighted by Gasteiger charge is -2.39. The molecule has 0 aromatic carbocycles. The van der Waals surface area contributed by atoms with Crippen LogP contribution in [0.3, 0.4) is 0 Å². The van der Waals surface area contributed by atoms with Crippen molar-refractivity contribution in [2.45, 2.75) is 71.4 Å². The van der Waals surface area contributed by atoms with Crippen molar-refractivity contribution in [2.75, 3.05) is 13.1 Å². The summed E-state index contributed by atoms with van der Waals surface area (Å²) in [6, 6.07) is 1.31. The molecule has 2 aliphatic heterocycles. The Morgan fingerprint density at radius 1 is 1.25 bits per heavy atom. The van der Waals surface area contributed by atoms with Gasteiger partial charge in [0.1, 0.15) is 11.7 Å². The van der Waals surface area contributed by atoms with Gasteiger partial charge in [0.15, 0.2) is 5.82 Å². The van der Waals surface area contributed by atoms with E-state index >= 15 is 0 Å².